The number of ether oxygens (including phenoxy) is 1. The van der Waals surface area contributed by atoms with Crippen LogP contribution in [0.3, 0.4) is 0 Å². The molecule has 4 heteroatoms. The van der Waals surface area contributed by atoms with Gasteiger partial charge in [-0.1, -0.05) is 6.92 Å². The van der Waals surface area contributed by atoms with Crippen molar-refractivity contribution < 1.29 is 4.74 Å². The number of hydrogen-bond acceptors (Lipinski definition) is 4. The Balaban J connectivity index is 2.50. The maximum atomic E-state index is 5.91. The molecule has 0 aromatic rings. The Morgan fingerprint density at radius 1 is 1.25 bits per heavy atom. The summed E-state index contributed by atoms with van der Waals surface area (Å²) in [6.07, 6.45) is 1.24. The Hall–Kier alpha value is -0.160. The third-order valence-corrected chi connectivity index (χ3v) is 3.55. The second kappa shape index (κ2) is 7.22. The highest BCUT2D eigenvalue weighted by molar-refractivity contribution is 4.80. The van der Waals surface area contributed by atoms with Gasteiger partial charge in [-0.05, 0) is 32.5 Å². The van der Waals surface area contributed by atoms with Crippen molar-refractivity contribution in [3.63, 3.8) is 0 Å². The highest BCUT2D eigenvalue weighted by Crippen LogP contribution is 2.13. The Morgan fingerprint density at radius 2 is 2.00 bits per heavy atom. The average molecular weight is 229 g/mol. The molecule has 2 unspecified atom stereocenters. The number of hydrogen-bond donors (Lipinski definition) is 1. The van der Waals surface area contributed by atoms with Crippen LogP contribution in [-0.2, 0) is 4.74 Å². The predicted octanol–water partition coefficient (Wildman–Crippen LogP) is 0.234. The van der Waals surface area contributed by atoms with E-state index in [9.17, 15) is 0 Å². The first-order valence-corrected chi connectivity index (χ1v) is 6.30. The summed E-state index contributed by atoms with van der Waals surface area (Å²) in [5, 5.41) is 0. The molecule has 0 bridgehead atoms. The van der Waals surface area contributed by atoms with Crippen molar-refractivity contribution in [2.45, 2.75) is 19.4 Å². The molecule has 4 nitrogen and oxygen atoms in total. The molecule has 1 fully saturated rings. The Morgan fingerprint density at radius 3 is 2.62 bits per heavy atom. The van der Waals surface area contributed by atoms with Crippen molar-refractivity contribution in [1.82, 2.24) is 9.80 Å². The van der Waals surface area contributed by atoms with Crippen LogP contribution in [0.5, 0.6) is 0 Å². The summed E-state index contributed by atoms with van der Waals surface area (Å²) < 4.78 is 5.24. The zero-order chi connectivity index (χ0) is 12.0. The molecule has 0 spiro atoms. The van der Waals surface area contributed by atoms with E-state index >= 15 is 0 Å². The molecule has 1 rings (SSSR count). The van der Waals surface area contributed by atoms with E-state index in [-0.39, 0.29) is 0 Å². The number of rotatable bonds is 5. The minimum absolute atomic E-state index is 0.464. The SMILES string of the molecule is COCC(C)C(CN)N1CCCN(C)CC1. The zero-order valence-electron chi connectivity index (χ0n) is 11.0. The van der Waals surface area contributed by atoms with Gasteiger partial charge < -0.3 is 15.4 Å². The second-order valence-corrected chi connectivity index (χ2v) is 4.93. The lowest BCUT2D eigenvalue weighted by Crippen LogP contribution is -2.47. The molecule has 0 aliphatic carbocycles. The Labute approximate surface area is 99.7 Å². The summed E-state index contributed by atoms with van der Waals surface area (Å²) >= 11 is 0. The first kappa shape index (κ1) is 13.9. The number of nitrogens with zero attached hydrogens (tertiary/aromatic N) is 2. The monoisotopic (exact) mass is 229 g/mol. The van der Waals surface area contributed by atoms with E-state index in [4.69, 9.17) is 10.5 Å². The molecule has 1 saturated heterocycles. The summed E-state index contributed by atoms with van der Waals surface area (Å²) in [4.78, 5) is 4.93. The molecular formula is C12H27N3O. The van der Waals surface area contributed by atoms with Gasteiger partial charge in [0.2, 0.25) is 0 Å². The number of methoxy groups -OCH3 is 1. The normalized spacial score (nSPS) is 24.0. The van der Waals surface area contributed by atoms with Gasteiger partial charge in [-0.3, -0.25) is 4.90 Å². The van der Waals surface area contributed by atoms with Crippen LogP contribution in [0.1, 0.15) is 13.3 Å². The lowest BCUT2D eigenvalue weighted by Gasteiger charge is -2.33. The molecule has 0 radical (unpaired) electrons. The highest BCUT2D eigenvalue weighted by Gasteiger charge is 2.24. The van der Waals surface area contributed by atoms with Gasteiger partial charge >= 0.3 is 0 Å². The maximum absolute atomic E-state index is 5.91. The van der Waals surface area contributed by atoms with Crippen LogP contribution in [-0.4, -0.2) is 69.3 Å². The van der Waals surface area contributed by atoms with Crippen molar-refractivity contribution in [2.24, 2.45) is 11.7 Å². The van der Waals surface area contributed by atoms with E-state index < -0.39 is 0 Å². The molecule has 0 amide bonds. The summed E-state index contributed by atoms with van der Waals surface area (Å²) in [5.74, 6) is 0.512. The summed E-state index contributed by atoms with van der Waals surface area (Å²) in [7, 11) is 3.96. The minimum Gasteiger partial charge on any atom is -0.384 e. The van der Waals surface area contributed by atoms with Crippen LogP contribution >= 0.6 is 0 Å². The van der Waals surface area contributed by atoms with Crippen molar-refractivity contribution in [2.75, 3.05) is 53.5 Å². The molecular weight excluding hydrogens is 202 g/mol. The quantitative estimate of drug-likeness (QED) is 0.733. The van der Waals surface area contributed by atoms with Gasteiger partial charge in [0.05, 0.1) is 6.61 Å². The highest BCUT2D eigenvalue weighted by atomic mass is 16.5. The standard InChI is InChI=1S/C12H27N3O/c1-11(10-16-3)12(9-13)15-6-4-5-14(2)7-8-15/h11-12H,4-10,13H2,1-3H3. The van der Waals surface area contributed by atoms with Gasteiger partial charge in [-0.25, -0.2) is 0 Å². The van der Waals surface area contributed by atoms with Crippen LogP contribution in [0.2, 0.25) is 0 Å². The van der Waals surface area contributed by atoms with E-state index in [0.717, 1.165) is 26.2 Å². The first-order chi connectivity index (χ1) is 7.69. The van der Waals surface area contributed by atoms with E-state index in [2.05, 4.69) is 23.8 Å². The van der Waals surface area contributed by atoms with Crippen molar-refractivity contribution in [3.8, 4) is 0 Å². The number of likely N-dealkylation sites (N-methyl/N-ethyl adjacent to an activating group) is 1. The third kappa shape index (κ3) is 4.01. The Kier molecular flexibility index (Phi) is 6.28. The first-order valence-electron chi connectivity index (χ1n) is 6.30. The van der Waals surface area contributed by atoms with Crippen LogP contribution in [0.15, 0.2) is 0 Å². The molecule has 96 valence electrons. The Bertz CT molecular complexity index is 189. The van der Waals surface area contributed by atoms with Crippen LogP contribution in [0.4, 0.5) is 0 Å². The smallest absolute Gasteiger partial charge is 0.0503 e. The average Bonchev–Trinajstić information content (AvgIpc) is 2.46. The van der Waals surface area contributed by atoms with Gasteiger partial charge in [0.25, 0.3) is 0 Å². The fraction of sp³-hybridized carbons (Fsp3) is 1.00. The van der Waals surface area contributed by atoms with E-state index in [1.165, 1.54) is 19.5 Å². The van der Waals surface area contributed by atoms with E-state index in [0.29, 0.717) is 12.0 Å². The van der Waals surface area contributed by atoms with Gasteiger partial charge in [-0.2, -0.15) is 0 Å². The van der Waals surface area contributed by atoms with Crippen LogP contribution in [0, 0.1) is 5.92 Å². The molecule has 16 heavy (non-hydrogen) atoms. The lowest BCUT2D eigenvalue weighted by atomic mass is 10.0. The molecule has 1 heterocycles. The third-order valence-electron chi connectivity index (χ3n) is 3.55. The van der Waals surface area contributed by atoms with Crippen molar-refractivity contribution in [1.29, 1.82) is 0 Å². The summed E-state index contributed by atoms with van der Waals surface area (Å²) in [6, 6.07) is 0.464. The van der Waals surface area contributed by atoms with Crippen LogP contribution in [0.25, 0.3) is 0 Å². The molecule has 0 aromatic heterocycles. The van der Waals surface area contributed by atoms with Gasteiger partial charge in [-0.15, -0.1) is 0 Å². The topological polar surface area (TPSA) is 41.7 Å². The van der Waals surface area contributed by atoms with E-state index in [1.54, 1.807) is 7.11 Å². The molecule has 0 saturated carbocycles. The largest absolute Gasteiger partial charge is 0.384 e. The minimum atomic E-state index is 0.464. The predicted molar refractivity (Wildman–Crippen MR) is 67.6 cm³/mol. The zero-order valence-corrected chi connectivity index (χ0v) is 11.0. The lowest BCUT2D eigenvalue weighted by molar-refractivity contribution is 0.0872. The van der Waals surface area contributed by atoms with Crippen molar-refractivity contribution in [3.05, 3.63) is 0 Å². The van der Waals surface area contributed by atoms with Gasteiger partial charge in [0.1, 0.15) is 0 Å². The molecule has 2 atom stereocenters. The van der Waals surface area contributed by atoms with E-state index in [1.807, 2.05) is 0 Å². The summed E-state index contributed by atoms with van der Waals surface area (Å²) in [5.41, 5.74) is 5.91. The van der Waals surface area contributed by atoms with Gasteiger partial charge in [0, 0.05) is 32.8 Å². The summed E-state index contributed by atoms with van der Waals surface area (Å²) in [6.45, 7) is 8.41. The molecule has 2 N–H and O–H groups in total. The van der Waals surface area contributed by atoms with Crippen LogP contribution < -0.4 is 5.73 Å². The number of nitrogens with two attached hydrogens (primary N) is 1. The van der Waals surface area contributed by atoms with Gasteiger partial charge in [0.15, 0.2) is 0 Å². The molecule has 1 aliphatic rings. The fourth-order valence-electron chi connectivity index (χ4n) is 2.51. The second-order valence-electron chi connectivity index (χ2n) is 4.93. The maximum Gasteiger partial charge on any atom is 0.0503 e. The fourth-order valence-corrected chi connectivity index (χ4v) is 2.51. The van der Waals surface area contributed by atoms with Crippen molar-refractivity contribution >= 4 is 0 Å². The molecule has 0 aromatic carbocycles. The molecule has 1 aliphatic heterocycles.